The predicted molar refractivity (Wildman–Crippen MR) is 84.3 cm³/mol. The van der Waals surface area contributed by atoms with Gasteiger partial charge in [0.25, 0.3) is 0 Å². The van der Waals surface area contributed by atoms with E-state index >= 15 is 0 Å². The molecule has 22 heavy (non-hydrogen) atoms. The molecule has 116 valence electrons. The van der Waals surface area contributed by atoms with Crippen LogP contribution in [0.2, 0.25) is 0 Å². The Hall–Kier alpha value is -2.40. The average molecular weight is 302 g/mol. The molecule has 4 nitrogen and oxygen atoms in total. The maximum atomic E-state index is 13.5. The molecule has 0 aliphatic rings. The topological polar surface area (TPSA) is 61.4 Å². The number of aliphatic hydroxyl groups is 1. The lowest BCUT2D eigenvalue weighted by Gasteiger charge is -2.14. The van der Waals surface area contributed by atoms with Crippen LogP contribution in [0.1, 0.15) is 22.8 Å². The monoisotopic (exact) mass is 302 g/mol. The Morgan fingerprint density at radius 3 is 2.64 bits per heavy atom. The summed E-state index contributed by atoms with van der Waals surface area (Å²) in [6, 6.07) is 11.2. The number of aliphatic hydroxyl groups excluding tert-OH is 1. The van der Waals surface area contributed by atoms with E-state index in [0.29, 0.717) is 5.69 Å². The summed E-state index contributed by atoms with van der Waals surface area (Å²) in [5, 5.41) is 15.2. The SMILES string of the molecule is Cc1ccc(NC(=O)NC[C@H](O)c2ccccc2F)c(C)c1. The Balaban J connectivity index is 1.91. The van der Waals surface area contributed by atoms with E-state index in [9.17, 15) is 14.3 Å². The van der Waals surface area contributed by atoms with Crippen LogP contribution in [0.4, 0.5) is 14.9 Å². The number of anilines is 1. The summed E-state index contributed by atoms with van der Waals surface area (Å²) in [7, 11) is 0. The van der Waals surface area contributed by atoms with Crippen molar-refractivity contribution in [2.24, 2.45) is 0 Å². The number of hydrogen-bond acceptors (Lipinski definition) is 2. The van der Waals surface area contributed by atoms with Crippen molar-refractivity contribution in [1.29, 1.82) is 0 Å². The van der Waals surface area contributed by atoms with E-state index in [-0.39, 0.29) is 12.1 Å². The van der Waals surface area contributed by atoms with Crippen LogP contribution < -0.4 is 10.6 Å². The van der Waals surface area contributed by atoms with Crippen molar-refractivity contribution >= 4 is 11.7 Å². The van der Waals surface area contributed by atoms with E-state index < -0.39 is 18.0 Å². The normalized spacial score (nSPS) is 11.8. The molecule has 2 aromatic rings. The largest absolute Gasteiger partial charge is 0.386 e. The van der Waals surface area contributed by atoms with Gasteiger partial charge in [-0.05, 0) is 31.5 Å². The molecule has 0 bridgehead atoms. The van der Waals surface area contributed by atoms with Gasteiger partial charge < -0.3 is 15.7 Å². The molecule has 0 fully saturated rings. The van der Waals surface area contributed by atoms with Crippen molar-refractivity contribution in [3.63, 3.8) is 0 Å². The van der Waals surface area contributed by atoms with E-state index in [0.717, 1.165) is 11.1 Å². The lowest BCUT2D eigenvalue weighted by molar-refractivity contribution is 0.170. The van der Waals surface area contributed by atoms with E-state index in [1.807, 2.05) is 32.0 Å². The first kappa shape index (κ1) is 16.0. The van der Waals surface area contributed by atoms with Gasteiger partial charge in [-0.15, -0.1) is 0 Å². The second kappa shape index (κ2) is 7.04. The molecule has 0 saturated heterocycles. The van der Waals surface area contributed by atoms with Gasteiger partial charge in [-0.25, -0.2) is 9.18 Å². The van der Waals surface area contributed by atoms with E-state index in [2.05, 4.69) is 10.6 Å². The highest BCUT2D eigenvalue weighted by Gasteiger charge is 2.13. The molecule has 0 radical (unpaired) electrons. The molecule has 0 aliphatic carbocycles. The number of amides is 2. The zero-order valence-electron chi connectivity index (χ0n) is 12.6. The molecule has 0 saturated carbocycles. The van der Waals surface area contributed by atoms with Gasteiger partial charge in [0, 0.05) is 17.8 Å². The minimum Gasteiger partial charge on any atom is -0.386 e. The van der Waals surface area contributed by atoms with Crippen LogP contribution in [0.5, 0.6) is 0 Å². The molecular formula is C17H19FN2O2. The summed E-state index contributed by atoms with van der Waals surface area (Å²) in [4.78, 5) is 11.8. The number of nitrogens with one attached hydrogen (secondary N) is 2. The van der Waals surface area contributed by atoms with Crippen LogP contribution in [0, 0.1) is 19.7 Å². The van der Waals surface area contributed by atoms with Crippen molar-refractivity contribution in [3.8, 4) is 0 Å². The van der Waals surface area contributed by atoms with Gasteiger partial charge in [-0.2, -0.15) is 0 Å². The first-order valence-electron chi connectivity index (χ1n) is 7.02. The first-order chi connectivity index (χ1) is 10.5. The van der Waals surface area contributed by atoms with Crippen LogP contribution in [0.15, 0.2) is 42.5 Å². The number of hydrogen-bond donors (Lipinski definition) is 3. The Bertz CT molecular complexity index is 673. The number of aryl methyl sites for hydroxylation is 2. The van der Waals surface area contributed by atoms with Gasteiger partial charge >= 0.3 is 6.03 Å². The maximum Gasteiger partial charge on any atom is 0.319 e. The summed E-state index contributed by atoms with van der Waals surface area (Å²) in [6.45, 7) is 3.80. The van der Waals surface area contributed by atoms with E-state index in [1.165, 1.54) is 12.1 Å². The Morgan fingerprint density at radius 2 is 1.95 bits per heavy atom. The number of halogens is 1. The zero-order chi connectivity index (χ0) is 16.1. The third kappa shape index (κ3) is 4.05. The summed E-state index contributed by atoms with van der Waals surface area (Å²) >= 11 is 0. The number of urea groups is 1. The van der Waals surface area contributed by atoms with Crippen LogP contribution in [0.25, 0.3) is 0 Å². The minimum atomic E-state index is -1.09. The van der Waals surface area contributed by atoms with Crippen molar-refractivity contribution in [1.82, 2.24) is 5.32 Å². The molecule has 5 heteroatoms. The van der Waals surface area contributed by atoms with E-state index in [1.54, 1.807) is 12.1 Å². The number of carbonyl (C=O) groups excluding carboxylic acids is 1. The van der Waals surface area contributed by atoms with Gasteiger partial charge in [-0.3, -0.25) is 0 Å². The second-order valence-electron chi connectivity index (χ2n) is 5.19. The number of benzene rings is 2. The van der Waals surface area contributed by atoms with Crippen LogP contribution >= 0.6 is 0 Å². The highest BCUT2D eigenvalue weighted by atomic mass is 19.1. The minimum absolute atomic E-state index is 0.0718. The summed E-state index contributed by atoms with van der Waals surface area (Å²) in [6.07, 6.45) is -1.09. The molecule has 0 spiro atoms. The Kier molecular flexibility index (Phi) is 5.12. The van der Waals surface area contributed by atoms with Gasteiger partial charge in [0.05, 0.1) is 6.10 Å². The quantitative estimate of drug-likeness (QED) is 0.811. The average Bonchev–Trinajstić information content (AvgIpc) is 2.48. The molecule has 0 aromatic heterocycles. The maximum absolute atomic E-state index is 13.5. The lowest BCUT2D eigenvalue weighted by atomic mass is 10.1. The highest BCUT2D eigenvalue weighted by molar-refractivity contribution is 5.90. The molecule has 0 aliphatic heterocycles. The third-order valence-electron chi connectivity index (χ3n) is 3.35. The second-order valence-corrected chi connectivity index (χ2v) is 5.19. The van der Waals surface area contributed by atoms with Crippen molar-refractivity contribution in [3.05, 3.63) is 65.0 Å². The van der Waals surface area contributed by atoms with Gasteiger partial charge in [0.2, 0.25) is 0 Å². The smallest absolute Gasteiger partial charge is 0.319 e. The molecule has 0 heterocycles. The van der Waals surface area contributed by atoms with Crippen molar-refractivity contribution in [2.75, 3.05) is 11.9 Å². The van der Waals surface area contributed by atoms with E-state index in [4.69, 9.17) is 0 Å². The Labute approximate surface area is 129 Å². The lowest BCUT2D eigenvalue weighted by Crippen LogP contribution is -2.32. The van der Waals surface area contributed by atoms with Gasteiger partial charge in [-0.1, -0.05) is 35.9 Å². The number of carbonyl (C=O) groups is 1. The molecule has 0 unspecified atom stereocenters. The fourth-order valence-corrected chi connectivity index (χ4v) is 2.17. The van der Waals surface area contributed by atoms with Crippen LogP contribution in [-0.2, 0) is 0 Å². The summed E-state index contributed by atoms with van der Waals surface area (Å²) < 4.78 is 13.5. The molecular weight excluding hydrogens is 283 g/mol. The summed E-state index contributed by atoms with van der Waals surface area (Å²) in [5.74, 6) is -0.494. The van der Waals surface area contributed by atoms with Crippen LogP contribution in [-0.4, -0.2) is 17.7 Å². The molecule has 3 N–H and O–H groups in total. The van der Waals surface area contributed by atoms with Crippen molar-refractivity contribution < 1.29 is 14.3 Å². The molecule has 2 aromatic carbocycles. The van der Waals surface area contributed by atoms with Gasteiger partial charge in [0.1, 0.15) is 5.82 Å². The fraction of sp³-hybridized carbons (Fsp3) is 0.235. The third-order valence-corrected chi connectivity index (χ3v) is 3.35. The van der Waals surface area contributed by atoms with Gasteiger partial charge in [0.15, 0.2) is 0 Å². The fourth-order valence-electron chi connectivity index (χ4n) is 2.17. The highest BCUT2D eigenvalue weighted by Crippen LogP contribution is 2.17. The van der Waals surface area contributed by atoms with Crippen molar-refractivity contribution in [2.45, 2.75) is 20.0 Å². The Morgan fingerprint density at radius 1 is 1.23 bits per heavy atom. The summed E-state index contributed by atoms with van der Waals surface area (Å²) in [5.41, 5.74) is 2.92. The molecule has 2 rings (SSSR count). The zero-order valence-corrected chi connectivity index (χ0v) is 12.6. The standard InChI is InChI=1S/C17H19FN2O2/c1-11-7-8-15(12(2)9-11)20-17(22)19-10-16(21)13-5-3-4-6-14(13)18/h3-9,16,21H,10H2,1-2H3,(H2,19,20,22)/t16-/m0/s1. The van der Waals surface area contributed by atoms with Crippen LogP contribution in [0.3, 0.4) is 0 Å². The predicted octanol–water partition coefficient (Wildman–Crippen LogP) is 3.30. The first-order valence-corrected chi connectivity index (χ1v) is 7.02. The number of rotatable bonds is 4. The molecule has 2 amide bonds. The molecule has 1 atom stereocenters.